The minimum absolute atomic E-state index is 0.188. The summed E-state index contributed by atoms with van der Waals surface area (Å²) in [6.45, 7) is 5.33. The molecule has 30 heavy (non-hydrogen) atoms. The zero-order valence-corrected chi connectivity index (χ0v) is 18.5. The lowest BCUT2D eigenvalue weighted by atomic mass is 10.1. The average Bonchev–Trinajstić information content (AvgIpc) is 3.00. The van der Waals surface area contributed by atoms with Crippen LogP contribution in [0.1, 0.15) is 51.5 Å². The first-order chi connectivity index (χ1) is 14.7. The highest BCUT2D eigenvalue weighted by molar-refractivity contribution is 8.04. The molecule has 0 fully saturated rings. The SMILES string of the molecule is CCCCCCN1C(=O)C(Sc2ccccc2)=C(c2ccc(OCCC)cc2)C1=O. The van der Waals surface area contributed by atoms with Crippen molar-refractivity contribution in [1.82, 2.24) is 4.90 Å². The second-order valence-corrected chi connectivity index (χ2v) is 8.40. The zero-order chi connectivity index (χ0) is 21.3. The van der Waals surface area contributed by atoms with Crippen LogP contribution in [0, 0.1) is 0 Å². The highest BCUT2D eigenvalue weighted by Gasteiger charge is 2.39. The maximum atomic E-state index is 13.2. The fraction of sp³-hybridized carbons (Fsp3) is 0.360. The molecule has 0 N–H and O–H groups in total. The van der Waals surface area contributed by atoms with Crippen LogP contribution in [0.25, 0.3) is 5.57 Å². The van der Waals surface area contributed by atoms with Crippen LogP contribution >= 0.6 is 11.8 Å². The first-order valence-corrected chi connectivity index (χ1v) is 11.5. The lowest BCUT2D eigenvalue weighted by Crippen LogP contribution is -2.32. The van der Waals surface area contributed by atoms with Gasteiger partial charge in [-0.15, -0.1) is 0 Å². The minimum Gasteiger partial charge on any atom is -0.494 e. The number of ether oxygens (including phenoxy) is 1. The topological polar surface area (TPSA) is 46.6 Å². The molecule has 1 aliphatic rings. The molecular weight excluding hydrogens is 394 g/mol. The maximum absolute atomic E-state index is 13.2. The Morgan fingerprint density at radius 2 is 1.57 bits per heavy atom. The second-order valence-electron chi connectivity index (χ2n) is 7.31. The van der Waals surface area contributed by atoms with Crippen LogP contribution in [0.15, 0.2) is 64.4 Å². The van der Waals surface area contributed by atoms with Gasteiger partial charge in [-0.2, -0.15) is 0 Å². The van der Waals surface area contributed by atoms with Crippen molar-refractivity contribution in [3.8, 4) is 5.75 Å². The Morgan fingerprint density at radius 1 is 0.833 bits per heavy atom. The summed E-state index contributed by atoms with van der Waals surface area (Å²) in [6, 6.07) is 17.2. The lowest BCUT2D eigenvalue weighted by molar-refractivity contribution is -0.136. The number of rotatable bonds is 11. The molecule has 0 aliphatic carbocycles. The highest BCUT2D eigenvalue weighted by atomic mass is 32.2. The molecule has 0 aromatic heterocycles. The molecule has 158 valence electrons. The van der Waals surface area contributed by atoms with Gasteiger partial charge in [-0.3, -0.25) is 14.5 Å². The number of hydrogen-bond acceptors (Lipinski definition) is 4. The van der Waals surface area contributed by atoms with Gasteiger partial charge in [0.15, 0.2) is 0 Å². The van der Waals surface area contributed by atoms with Crippen molar-refractivity contribution in [2.45, 2.75) is 50.8 Å². The van der Waals surface area contributed by atoms with Crippen LogP contribution in [0.3, 0.4) is 0 Å². The van der Waals surface area contributed by atoms with E-state index in [9.17, 15) is 9.59 Å². The van der Waals surface area contributed by atoms with E-state index < -0.39 is 0 Å². The van der Waals surface area contributed by atoms with Gasteiger partial charge in [0.25, 0.3) is 11.8 Å². The third kappa shape index (κ3) is 5.33. The van der Waals surface area contributed by atoms with E-state index in [1.54, 1.807) is 0 Å². The number of benzene rings is 2. The van der Waals surface area contributed by atoms with Gasteiger partial charge in [0, 0.05) is 11.4 Å². The summed E-state index contributed by atoms with van der Waals surface area (Å²) < 4.78 is 5.66. The van der Waals surface area contributed by atoms with Crippen LogP contribution in [0.2, 0.25) is 0 Å². The molecule has 0 atom stereocenters. The number of imide groups is 1. The Balaban J connectivity index is 1.88. The van der Waals surface area contributed by atoms with E-state index in [0.717, 1.165) is 48.3 Å². The van der Waals surface area contributed by atoms with E-state index in [-0.39, 0.29) is 11.8 Å². The van der Waals surface area contributed by atoms with E-state index in [2.05, 4.69) is 13.8 Å². The normalized spacial score (nSPS) is 14.0. The largest absolute Gasteiger partial charge is 0.494 e. The predicted molar refractivity (Wildman–Crippen MR) is 122 cm³/mol. The Labute approximate surface area is 183 Å². The molecule has 0 unspecified atom stereocenters. The summed E-state index contributed by atoms with van der Waals surface area (Å²) in [5.74, 6) is 0.385. The van der Waals surface area contributed by atoms with E-state index in [1.165, 1.54) is 16.7 Å². The predicted octanol–water partition coefficient (Wildman–Crippen LogP) is 5.93. The summed E-state index contributed by atoms with van der Waals surface area (Å²) in [6.07, 6.45) is 5.03. The first kappa shape index (κ1) is 22.2. The van der Waals surface area contributed by atoms with Crippen molar-refractivity contribution in [2.24, 2.45) is 0 Å². The molecule has 0 radical (unpaired) electrons. The number of carbonyl (C=O) groups is 2. The van der Waals surface area contributed by atoms with Crippen molar-refractivity contribution < 1.29 is 14.3 Å². The van der Waals surface area contributed by atoms with Gasteiger partial charge in [-0.1, -0.05) is 75.2 Å². The molecule has 1 aliphatic heterocycles. The quantitative estimate of drug-likeness (QED) is 0.332. The molecule has 2 amide bonds. The molecule has 1 heterocycles. The smallest absolute Gasteiger partial charge is 0.268 e. The van der Waals surface area contributed by atoms with E-state index >= 15 is 0 Å². The number of carbonyl (C=O) groups excluding carboxylic acids is 2. The van der Waals surface area contributed by atoms with Crippen molar-refractivity contribution in [3.63, 3.8) is 0 Å². The molecule has 0 saturated heterocycles. The van der Waals surface area contributed by atoms with Gasteiger partial charge < -0.3 is 4.74 Å². The third-order valence-electron chi connectivity index (χ3n) is 4.94. The number of nitrogens with zero attached hydrogens (tertiary/aromatic N) is 1. The molecule has 0 bridgehead atoms. The molecule has 2 aromatic rings. The Hall–Kier alpha value is -2.53. The van der Waals surface area contributed by atoms with Gasteiger partial charge in [0.2, 0.25) is 0 Å². The van der Waals surface area contributed by atoms with Crippen LogP contribution in [-0.4, -0.2) is 29.9 Å². The van der Waals surface area contributed by atoms with Crippen molar-refractivity contribution in [2.75, 3.05) is 13.2 Å². The number of unbranched alkanes of at least 4 members (excludes halogenated alkanes) is 3. The Morgan fingerprint density at radius 3 is 2.23 bits per heavy atom. The van der Waals surface area contributed by atoms with Gasteiger partial charge in [0.05, 0.1) is 17.1 Å². The second kappa shape index (κ2) is 11.0. The maximum Gasteiger partial charge on any atom is 0.268 e. The first-order valence-electron chi connectivity index (χ1n) is 10.7. The Kier molecular flexibility index (Phi) is 8.14. The van der Waals surface area contributed by atoms with E-state index in [1.807, 2.05) is 54.6 Å². The van der Waals surface area contributed by atoms with Gasteiger partial charge >= 0.3 is 0 Å². The van der Waals surface area contributed by atoms with E-state index in [4.69, 9.17) is 4.74 Å². The van der Waals surface area contributed by atoms with Crippen LogP contribution < -0.4 is 4.74 Å². The van der Waals surface area contributed by atoms with Gasteiger partial charge in [-0.05, 0) is 42.7 Å². The summed E-state index contributed by atoms with van der Waals surface area (Å²) in [5.41, 5.74) is 1.25. The van der Waals surface area contributed by atoms with Gasteiger partial charge in [-0.25, -0.2) is 0 Å². The summed E-state index contributed by atoms with van der Waals surface area (Å²) in [7, 11) is 0. The highest BCUT2D eigenvalue weighted by Crippen LogP contribution is 2.40. The molecule has 0 saturated carbocycles. The Bertz CT molecular complexity index is 890. The van der Waals surface area contributed by atoms with Crippen molar-refractivity contribution in [3.05, 3.63) is 65.1 Å². The molecule has 5 heteroatoms. The van der Waals surface area contributed by atoms with Gasteiger partial charge in [0.1, 0.15) is 5.75 Å². The zero-order valence-electron chi connectivity index (χ0n) is 17.7. The van der Waals surface area contributed by atoms with Crippen molar-refractivity contribution >= 4 is 29.1 Å². The summed E-state index contributed by atoms with van der Waals surface area (Å²) >= 11 is 1.37. The number of hydrogen-bond donors (Lipinski definition) is 0. The minimum atomic E-state index is -0.197. The third-order valence-corrected chi connectivity index (χ3v) is 6.03. The molecular formula is C25H29NO3S. The van der Waals surface area contributed by atoms with Crippen LogP contribution in [-0.2, 0) is 9.59 Å². The fourth-order valence-corrected chi connectivity index (χ4v) is 4.38. The van der Waals surface area contributed by atoms with Crippen LogP contribution in [0.4, 0.5) is 0 Å². The molecule has 2 aromatic carbocycles. The molecule has 3 rings (SSSR count). The molecule has 0 spiro atoms. The fourth-order valence-electron chi connectivity index (χ4n) is 3.35. The number of amides is 2. The number of thioether (sulfide) groups is 1. The summed E-state index contributed by atoms with van der Waals surface area (Å²) in [5, 5.41) is 0. The lowest BCUT2D eigenvalue weighted by Gasteiger charge is -2.15. The summed E-state index contributed by atoms with van der Waals surface area (Å²) in [4.78, 5) is 29.3. The van der Waals surface area contributed by atoms with E-state index in [0.29, 0.717) is 23.6 Å². The molecule has 4 nitrogen and oxygen atoms in total. The van der Waals surface area contributed by atoms with Crippen molar-refractivity contribution in [1.29, 1.82) is 0 Å². The monoisotopic (exact) mass is 423 g/mol. The standard InChI is InChI=1S/C25H29NO3S/c1-3-5-6-10-17-26-24(27)22(19-13-15-20(16-14-19)29-18-4-2)23(25(26)28)30-21-11-8-7-9-12-21/h7-9,11-16H,3-6,10,17-18H2,1-2H3. The van der Waals surface area contributed by atoms with Crippen LogP contribution in [0.5, 0.6) is 5.75 Å². The average molecular weight is 424 g/mol.